The van der Waals surface area contributed by atoms with Crippen LogP contribution in [0, 0.1) is 5.92 Å². The Morgan fingerprint density at radius 1 is 1.09 bits per heavy atom. The average Bonchev–Trinajstić information content (AvgIpc) is 2.57. The molecule has 0 amide bonds. The predicted molar refractivity (Wildman–Crippen MR) is 93.9 cm³/mol. The van der Waals surface area contributed by atoms with E-state index in [-0.39, 0.29) is 0 Å². The minimum absolute atomic E-state index is 0.733. The van der Waals surface area contributed by atoms with Gasteiger partial charge < -0.3 is 4.90 Å². The molecule has 1 aliphatic heterocycles. The van der Waals surface area contributed by atoms with Crippen molar-refractivity contribution in [3.63, 3.8) is 0 Å². The van der Waals surface area contributed by atoms with Crippen LogP contribution in [-0.4, -0.2) is 42.5 Å². The third-order valence-corrected chi connectivity index (χ3v) is 5.21. The van der Waals surface area contributed by atoms with Gasteiger partial charge in [0.1, 0.15) is 0 Å². The first-order chi connectivity index (χ1) is 10.8. The molecule has 0 bridgehead atoms. The molecule has 1 aliphatic carbocycles. The summed E-state index contributed by atoms with van der Waals surface area (Å²) in [6, 6.07) is 11.6. The third kappa shape index (κ3) is 4.44. The molecular formula is C20H30N2. The standard InChI is InChI=1S/C20H30N2/c1-21(16-18-8-4-2-5-9-18)17-19-12-14-22(15-13-19)20-10-6-3-7-11-20/h2,4-6,8-10,19-20H,3,7,11-17H2,1H3. The van der Waals surface area contributed by atoms with Crippen LogP contribution in [0.5, 0.6) is 0 Å². The molecule has 0 N–H and O–H groups in total. The van der Waals surface area contributed by atoms with Crippen LogP contribution in [0.3, 0.4) is 0 Å². The lowest BCUT2D eigenvalue weighted by molar-refractivity contribution is 0.125. The first-order valence-corrected chi connectivity index (χ1v) is 8.94. The molecule has 1 unspecified atom stereocenters. The summed E-state index contributed by atoms with van der Waals surface area (Å²) in [7, 11) is 2.27. The van der Waals surface area contributed by atoms with Crippen molar-refractivity contribution in [1.82, 2.24) is 9.80 Å². The van der Waals surface area contributed by atoms with E-state index in [0.29, 0.717) is 0 Å². The van der Waals surface area contributed by atoms with E-state index in [0.717, 1.165) is 18.5 Å². The van der Waals surface area contributed by atoms with Gasteiger partial charge in [0.15, 0.2) is 0 Å². The second-order valence-corrected chi connectivity index (χ2v) is 7.09. The smallest absolute Gasteiger partial charge is 0.0278 e. The molecule has 1 atom stereocenters. The lowest BCUT2D eigenvalue weighted by Crippen LogP contribution is -2.43. The van der Waals surface area contributed by atoms with Gasteiger partial charge in [-0.1, -0.05) is 42.5 Å². The van der Waals surface area contributed by atoms with Crippen LogP contribution in [0.4, 0.5) is 0 Å². The molecule has 2 nitrogen and oxygen atoms in total. The summed E-state index contributed by atoms with van der Waals surface area (Å²) in [6.07, 6.45) is 11.6. The number of rotatable bonds is 5. The van der Waals surface area contributed by atoms with Gasteiger partial charge in [-0.15, -0.1) is 0 Å². The largest absolute Gasteiger partial charge is 0.302 e. The van der Waals surface area contributed by atoms with Gasteiger partial charge in [0.25, 0.3) is 0 Å². The molecule has 22 heavy (non-hydrogen) atoms. The maximum absolute atomic E-state index is 2.71. The summed E-state index contributed by atoms with van der Waals surface area (Å²) in [4.78, 5) is 5.21. The van der Waals surface area contributed by atoms with Crippen molar-refractivity contribution in [1.29, 1.82) is 0 Å². The topological polar surface area (TPSA) is 6.48 Å². The van der Waals surface area contributed by atoms with Crippen LogP contribution < -0.4 is 0 Å². The summed E-state index contributed by atoms with van der Waals surface area (Å²) >= 11 is 0. The fourth-order valence-corrected chi connectivity index (χ4v) is 3.97. The van der Waals surface area contributed by atoms with Crippen molar-refractivity contribution in [3.05, 3.63) is 48.0 Å². The molecule has 0 saturated carbocycles. The summed E-state index contributed by atoms with van der Waals surface area (Å²) in [6.45, 7) is 4.90. The van der Waals surface area contributed by atoms with Crippen molar-refractivity contribution < 1.29 is 0 Å². The van der Waals surface area contributed by atoms with E-state index < -0.39 is 0 Å². The lowest BCUT2D eigenvalue weighted by atomic mass is 9.93. The Morgan fingerprint density at radius 2 is 1.86 bits per heavy atom. The third-order valence-electron chi connectivity index (χ3n) is 5.21. The number of hydrogen-bond acceptors (Lipinski definition) is 2. The number of likely N-dealkylation sites (tertiary alicyclic amines) is 1. The average molecular weight is 298 g/mol. The van der Waals surface area contributed by atoms with Crippen LogP contribution in [0.25, 0.3) is 0 Å². The van der Waals surface area contributed by atoms with E-state index >= 15 is 0 Å². The van der Waals surface area contributed by atoms with Gasteiger partial charge in [0, 0.05) is 19.1 Å². The zero-order valence-electron chi connectivity index (χ0n) is 14.0. The normalized spacial score (nSPS) is 24.0. The molecule has 1 aromatic carbocycles. The van der Waals surface area contributed by atoms with E-state index in [1.165, 1.54) is 57.3 Å². The minimum atomic E-state index is 0.733. The van der Waals surface area contributed by atoms with Crippen molar-refractivity contribution in [3.8, 4) is 0 Å². The maximum Gasteiger partial charge on any atom is 0.0278 e. The zero-order chi connectivity index (χ0) is 15.2. The molecule has 0 spiro atoms. The number of piperidine rings is 1. The van der Waals surface area contributed by atoms with Crippen LogP contribution in [0.2, 0.25) is 0 Å². The van der Waals surface area contributed by atoms with Gasteiger partial charge in [-0.25, -0.2) is 0 Å². The predicted octanol–water partition coefficient (Wildman–Crippen LogP) is 3.94. The van der Waals surface area contributed by atoms with Gasteiger partial charge in [0.05, 0.1) is 0 Å². The lowest BCUT2D eigenvalue weighted by Gasteiger charge is -2.38. The van der Waals surface area contributed by atoms with Crippen LogP contribution in [-0.2, 0) is 6.54 Å². The van der Waals surface area contributed by atoms with Crippen molar-refractivity contribution >= 4 is 0 Å². The monoisotopic (exact) mass is 298 g/mol. The summed E-state index contributed by atoms with van der Waals surface area (Å²) in [5.41, 5.74) is 1.43. The molecular weight excluding hydrogens is 268 g/mol. The highest BCUT2D eigenvalue weighted by molar-refractivity contribution is 5.14. The Morgan fingerprint density at radius 3 is 2.55 bits per heavy atom. The van der Waals surface area contributed by atoms with Gasteiger partial charge >= 0.3 is 0 Å². The highest BCUT2D eigenvalue weighted by Gasteiger charge is 2.24. The first kappa shape index (κ1) is 15.8. The fraction of sp³-hybridized carbons (Fsp3) is 0.600. The quantitative estimate of drug-likeness (QED) is 0.760. The van der Waals surface area contributed by atoms with Gasteiger partial charge in [-0.2, -0.15) is 0 Å². The molecule has 0 radical (unpaired) electrons. The SMILES string of the molecule is CN(Cc1ccccc1)CC1CCN(C2C=CCCC2)CC1. The Balaban J connectivity index is 1.41. The van der Waals surface area contributed by atoms with Crippen molar-refractivity contribution in [2.45, 2.75) is 44.7 Å². The van der Waals surface area contributed by atoms with E-state index in [4.69, 9.17) is 0 Å². The van der Waals surface area contributed by atoms with E-state index in [9.17, 15) is 0 Å². The van der Waals surface area contributed by atoms with Gasteiger partial charge in [0.2, 0.25) is 0 Å². The van der Waals surface area contributed by atoms with E-state index in [1.807, 2.05) is 0 Å². The van der Waals surface area contributed by atoms with Crippen LogP contribution >= 0.6 is 0 Å². The molecule has 0 aromatic heterocycles. The number of benzene rings is 1. The molecule has 1 aromatic rings. The Kier molecular flexibility index (Phi) is 5.69. The highest BCUT2D eigenvalue weighted by Crippen LogP contribution is 2.24. The summed E-state index contributed by atoms with van der Waals surface area (Å²) in [5.74, 6) is 0.873. The molecule has 1 heterocycles. The Labute approximate surface area is 135 Å². The fourth-order valence-electron chi connectivity index (χ4n) is 3.97. The van der Waals surface area contributed by atoms with Crippen molar-refractivity contribution in [2.24, 2.45) is 5.92 Å². The van der Waals surface area contributed by atoms with Gasteiger partial charge in [-0.05, 0) is 63.7 Å². The summed E-state index contributed by atoms with van der Waals surface area (Å²) in [5, 5.41) is 0. The van der Waals surface area contributed by atoms with Crippen LogP contribution in [0.15, 0.2) is 42.5 Å². The number of hydrogen-bond donors (Lipinski definition) is 0. The number of nitrogens with zero attached hydrogens (tertiary/aromatic N) is 2. The minimum Gasteiger partial charge on any atom is -0.302 e. The van der Waals surface area contributed by atoms with Crippen molar-refractivity contribution in [2.75, 3.05) is 26.7 Å². The molecule has 120 valence electrons. The molecule has 2 heteroatoms. The van der Waals surface area contributed by atoms with Crippen LogP contribution in [0.1, 0.15) is 37.7 Å². The van der Waals surface area contributed by atoms with E-state index in [2.05, 4.69) is 59.3 Å². The zero-order valence-corrected chi connectivity index (χ0v) is 14.0. The second kappa shape index (κ2) is 7.94. The molecule has 1 saturated heterocycles. The highest BCUT2D eigenvalue weighted by atomic mass is 15.2. The molecule has 2 aliphatic rings. The molecule has 3 rings (SSSR count). The Bertz CT molecular complexity index is 460. The second-order valence-electron chi connectivity index (χ2n) is 7.09. The van der Waals surface area contributed by atoms with Gasteiger partial charge in [-0.3, -0.25) is 4.90 Å². The maximum atomic E-state index is 2.71. The number of allylic oxidation sites excluding steroid dienone is 1. The molecule has 1 fully saturated rings. The Hall–Kier alpha value is -1.12. The summed E-state index contributed by atoms with van der Waals surface area (Å²) < 4.78 is 0. The van der Waals surface area contributed by atoms with E-state index in [1.54, 1.807) is 0 Å². The first-order valence-electron chi connectivity index (χ1n) is 8.94.